The van der Waals surface area contributed by atoms with Gasteiger partial charge in [0.25, 0.3) is 0 Å². The van der Waals surface area contributed by atoms with E-state index in [-0.39, 0.29) is 11.7 Å². The van der Waals surface area contributed by atoms with E-state index in [4.69, 9.17) is 0 Å². The molecule has 3 heterocycles. The molecule has 2 aromatic carbocycles. The van der Waals surface area contributed by atoms with Crippen molar-refractivity contribution in [1.82, 2.24) is 14.9 Å². The maximum atomic E-state index is 14.0. The van der Waals surface area contributed by atoms with E-state index >= 15 is 0 Å². The SMILES string of the molecule is O[C@@H]1CN(c2cc(Nc3cccc(F)c3F)ncn2)CC[C@H]1N1CCc2ccccc2C1. The Bertz CT molecular complexity index is 1110. The summed E-state index contributed by atoms with van der Waals surface area (Å²) < 4.78 is 27.5. The number of fused-ring (bicyclic) bond motifs is 1. The first kappa shape index (κ1) is 20.8. The van der Waals surface area contributed by atoms with Crippen molar-refractivity contribution >= 4 is 17.3 Å². The summed E-state index contributed by atoms with van der Waals surface area (Å²) in [4.78, 5) is 12.8. The van der Waals surface area contributed by atoms with Crippen LogP contribution < -0.4 is 10.2 Å². The van der Waals surface area contributed by atoms with Crippen LogP contribution in [0, 0.1) is 11.6 Å². The number of hydrogen-bond donors (Lipinski definition) is 2. The zero-order chi connectivity index (χ0) is 22.1. The van der Waals surface area contributed by atoms with Crippen LogP contribution in [0.25, 0.3) is 0 Å². The Morgan fingerprint density at radius 2 is 1.84 bits per heavy atom. The minimum atomic E-state index is -0.952. The third-order valence-electron chi connectivity index (χ3n) is 6.37. The van der Waals surface area contributed by atoms with Gasteiger partial charge in [-0.25, -0.2) is 18.7 Å². The van der Waals surface area contributed by atoms with Gasteiger partial charge >= 0.3 is 0 Å². The smallest absolute Gasteiger partial charge is 0.182 e. The Morgan fingerprint density at radius 3 is 2.69 bits per heavy atom. The summed E-state index contributed by atoms with van der Waals surface area (Å²) in [6.07, 6.45) is 2.69. The summed E-state index contributed by atoms with van der Waals surface area (Å²) >= 11 is 0. The lowest BCUT2D eigenvalue weighted by atomic mass is 9.94. The Hall–Kier alpha value is -3.10. The molecule has 0 saturated carbocycles. The molecular weight excluding hydrogens is 412 g/mol. The molecule has 2 atom stereocenters. The molecule has 2 aliphatic heterocycles. The van der Waals surface area contributed by atoms with Crippen molar-refractivity contribution in [3.8, 4) is 0 Å². The average Bonchev–Trinajstić information content (AvgIpc) is 2.82. The van der Waals surface area contributed by atoms with Crippen molar-refractivity contribution in [2.24, 2.45) is 0 Å². The Balaban J connectivity index is 1.26. The second kappa shape index (κ2) is 8.80. The predicted molar refractivity (Wildman–Crippen MR) is 119 cm³/mol. The molecule has 5 rings (SSSR count). The fourth-order valence-electron chi connectivity index (χ4n) is 4.68. The first-order chi connectivity index (χ1) is 15.6. The van der Waals surface area contributed by atoms with Gasteiger partial charge in [0, 0.05) is 38.3 Å². The highest BCUT2D eigenvalue weighted by Crippen LogP contribution is 2.28. The first-order valence-corrected chi connectivity index (χ1v) is 10.9. The number of nitrogens with one attached hydrogen (secondary N) is 1. The third-order valence-corrected chi connectivity index (χ3v) is 6.37. The highest BCUT2D eigenvalue weighted by molar-refractivity contribution is 5.60. The summed E-state index contributed by atoms with van der Waals surface area (Å²) in [5.41, 5.74) is 2.75. The van der Waals surface area contributed by atoms with Gasteiger partial charge in [-0.3, -0.25) is 4.90 Å². The molecule has 1 saturated heterocycles. The van der Waals surface area contributed by atoms with Crippen molar-refractivity contribution in [2.75, 3.05) is 29.9 Å². The van der Waals surface area contributed by atoms with E-state index in [0.29, 0.717) is 18.2 Å². The van der Waals surface area contributed by atoms with E-state index in [1.807, 2.05) is 4.90 Å². The van der Waals surface area contributed by atoms with Crippen LogP contribution in [0.5, 0.6) is 0 Å². The summed E-state index contributed by atoms with van der Waals surface area (Å²) in [5.74, 6) is -0.869. The largest absolute Gasteiger partial charge is 0.390 e. The number of aliphatic hydroxyl groups is 1. The topological polar surface area (TPSA) is 64.5 Å². The summed E-state index contributed by atoms with van der Waals surface area (Å²) in [6, 6.07) is 14.2. The van der Waals surface area contributed by atoms with E-state index < -0.39 is 17.7 Å². The van der Waals surface area contributed by atoms with E-state index in [9.17, 15) is 13.9 Å². The number of rotatable bonds is 4. The van der Waals surface area contributed by atoms with Crippen LogP contribution in [0.1, 0.15) is 17.5 Å². The second-order valence-corrected chi connectivity index (χ2v) is 8.35. The number of benzene rings is 2. The lowest BCUT2D eigenvalue weighted by molar-refractivity contribution is 0.0293. The van der Waals surface area contributed by atoms with E-state index in [1.54, 1.807) is 6.07 Å². The predicted octanol–water partition coefficient (Wildman–Crippen LogP) is 3.50. The minimum Gasteiger partial charge on any atom is -0.390 e. The molecule has 0 radical (unpaired) electrons. The van der Waals surface area contributed by atoms with Crippen molar-refractivity contribution in [3.05, 3.63) is 77.6 Å². The number of halogens is 2. The molecule has 0 unspecified atom stereocenters. The molecular formula is C24H25F2N5O. The van der Waals surface area contributed by atoms with Gasteiger partial charge in [-0.15, -0.1) is 0 Å². The number of piperidine rings is 1. The number of aliphatic hydroxyl groups excluding tert-OH is 1. The number of nitrogens with zero attached hydrogens (tertiary/aromatic N) is 4. The zero-order valence-corrected chi connectivity index (χ0v) is 17.6. The van der Waals surface area contributed by atoms with Gasteiger partial charge in [-0.2, -0.15) is 0 Å². The number of β-amino-alcohol motifs (C(OH)–C–C–N with tert-alkyl or cyclic N) is 1. The molecule has 2 N–H and O–H groups in total. The standard InChI is InChI=1S/C24H25F2N5O/c25-18-6-3-7-19(24(18)26)29-22-12-23(28-15-27-22)31-11-9-20(21(32)14-31)30-10-8-16-4-1-2-5-17(16)13-30/h1-7,12,15,20-21,32H,8-11,13-14H2,(H,27,28,29)/t20-,21-/m1/s1. The van der Waals surface area contributed by atoms with E-state index in [0.717, 1.165) is 38.5 Å². The molecule has 0 aliphatic carbocycles. The van der Waals surface area contributed by atoms with Crippen LogP contribution in [0.4, 0.5) is 26.1 Å². The molecule has 166 valence electrons. The van der Waals surface area contributed by atoms with Gasteiger partial charge in [-0.1, -0.05) is 30.3 Å². The third kappa shape index (κ3) is 4.16. The van der Waals surface area contributed by atoms with Gasteiger partial charge in [0.1, 0.15) is 18.0 Å². The zero-order valence-electron chi connectivity index (χ0n) is 17.6. The Kier molecular flexibility index (Phi) is 5.71. The molecule has 1 fully saturated rings. The summed E-state index contributed by atoms with van der Waals surface area (Å²) in [6.45, 7) is 3.00. The van der Waals surface area contributed by atoms with Crippen molar-refractivity contribution < 1.29 is 13.9 Å². The number of aromatic nitrogens is 2. The molecule has 2 aliphatic rings. The maximum absolute atomic E-state index is 14.0. The highest BCUT2D eigenvalue weighted by Gasteiger charge is 2.34. The lowest BCUT2D eigenvalue weighted by Gasteiger charge is -2.43. The Labute approximate surface area is 185 Å². The molecule has 32 heavy (non-hydrogen) atoms. The van der Waals surface area contributed by atoms with Crippen LogP contribution in [0.3, 0.4) is 0 Å². The fourth-order valence-corrected chi connectivity index (χ4v) is 4.68. The lowest BCUT2D eigenvalue weighted by Crippen LogP contribution is -2.55. The highest BCUT2D eigenvalue weighted by atomic mass is 19.2. The molecule has 0 bridgehead atoms. The minimum absolute atomic E-state index is 0.0128. The van der Waals surface area contributed by atoms with Crippen molar-refractivity contribution in [1.29, 1.82) is 0 Å². The van der Waals surface area contributed by atoms with Gasteiger partial charge in [-0.05, 0) is 36.1 Å². The summed E-state index contributed by atoms with van der Waals surface area (Å²) in [5, 5.41) is 13.7. The molecule has 3 aromatic rings. The summed E-state index contributed by atoms with van der Waals surface area (Å²) in [7, 11) is 0. The van der Waals surface area contributed by atoms with Gasteiger partial charge in [0.15, 0.2) is 11.6 Å². The van der Waals surface area contributed by atoms with Gasteiger partial charge in [0.05, 0.1) is 11.8 Å². The average molecular weight is 437 g/mol. The number of anilines is 3. The van der Waals surface area contributed by atoms with Gasteiger partial charge < -0.3 is 15.3 Å². The van der Waals surface area contributed by atoms with E-state index in [2.05, 4.69) is 44.5 Å². The van der Waals surface area contributed by atoms with Crippen molar-refractivity contribution in [3.63, 3.8) is 0 Å². The maximum Gasteiger partial charge on any atom is 0.182 e. The van der Waals surface area contributed by atoms with Crippen LogP contribution >= 0.6 is 0 Å². The molecule has 0 spiro atoms. The number of hydrogen-bond acceptors (Lipinski definition) is 6. The van der Waals surface area contributed by atoms with E-state index in [1.165, 1.54) is 29.6 Å². The van der Waals surface area contributed by atoms with Crippen LogP contribution in [-0.2, 0) is 13.0 Å². The monoisotopic (exact) mass is 437 g/mol. The molecule has 6 nitrogen and oxygen atoms in total. The molecule has 8 heteroatoms. The molecule has 0 amide bonds. The van der Waals surface area contributed by atoms with Gasteiger partial charge in [0.2, 0.25) is 0 Å². The normalized spacial score (nSPS) is 21.3. The van der Waals surface area contributed by atoms with Crippen LogP contribution in [-0.4, -0.2) is 51.8 Å². The second-order valence-electron chi connectivity index (χ2n) is 8.35. The van der Waals surface area contributed by atoms with Crippen LogP contribution in [0.15, 0.2) is 54.9 Å². The Morgan fingerprint density at radius 1 is 1.00 bits per heavy atom. The van der Waals surface area contributed by atoms with Crippen LogP contribution in [0.2, 0.25) is 0 Å². The van der Waals surface area contributed by atoms with Crippen molar-refractivity contribution in [2.45, 2.75) is 31.5 Å². The quantitative estimate of drug-likeness (QED) is 0.652. The molecule has 1 aromatic heterocycles. The fraction of sp³-hybridized carbons (Fsp3) is 0.333. The first-order valence-electron chi connectivity index (χ1n) is 10.9.